The van der Waals surface area contributed by atoms with Gasteiger partial charge in [-0.25, -0.2) is 4.98 Å². The summed E-state index contributed by atoms with van der Waals surface area (Å²) < 4.78 is 5.27. The maximum absolute atomic E-state index is 12.1. The maximum Gasteiger partial charge on any atom is 0.271 e. The minimum absolute atomic E-state index is 0.0730. The normalized spacial score (nSPS) is 12.4. The van der Waals surface area contributed by atoms with Gasteiger partial charge in [0.1, 0.15) is 5.69 Å². The van der Waals surface area contributed by atoms with Crippen LogP contribution in [0.5, 0.6) is 0 Å². The van der Waals surface area contributed by atoms with Gasteiger partial charge in [-0.2, -0.15) is 0 Å². The first-order chi connectivity index (χ1) is 9.15. The third kappa shape index (κ3) is 3.02. The van der Waals surface area contributed by atoms with Gasteiger partial charge in [0.2, 0.25) is 0 Å². The highest BCUT2D eigenvalue weighted by molar-refractivity contribution is 7.15. The summed E-state index contributed by atoms with van der Waals surface area (Å²) in [5.74, 6) is 0.397. The number of nitrogens with zero attached hydrogens (tertiary/aromatic N) is 1. The van der Waals surface area contributed by atoms with Gasteiger partial charge in [-0.3, -0.25) is 4.79 Å². The van der Waals surface area contributed by atoms with Crippen molar-refractivity contribution in [3.8, 4) is 10.8 Å². The molecule has 0 bridgehead atoms. The Labute approximate surface area is 115 Å². The van der Waals surface area contributed by atoms with E-state index >= 15 is 0 Å². The first-order valence-corrected chi connectivity index (χ1v) is 6.90. The van der Waals surface area contributed by atoms with E-state index in [4.69, 9.17) is 9.52 Å². The van der Waals surface area contributed by atoms with Crippen LogP contribution in [0.3, 0.4) is 0 Å². The van der Waals surface area contributed by atoms with Gasteiger partial charge in [0, 0.05) is 4.88 Å². The summed E-state index contributed by atoms with van der Waals surface area (Å²) in [6.07, 6.45) is 2.25. The quantitative estimate of drug-likeness (QED) is 0.880. The van der Waals surface area contributed by atoms with E-state index in [2.05, 4.69) is 10.3 Å². The van der Waals surface area contributed by atoms with Gasteiger partial charge in [0.25, 0.3) is 5.91 Å². The van der Waals surface area contributed by atoms with Crippen molar-refractivity contribution in [2.75, 3.05) is 6.61 Å². The molecule has 1 amide bonds. The summed E-state index contributed by atoms with van der Waals surface area (Å²) in [5.41, 5.74) is 0.392. The third-order valence-electron chi connectivity index (χ3n) is 2.79. The van der Waals surface area contributed by atoms with Crippen molar-refractivity contribution in [1.82, 2.24) is 10.3 Å². The van der Waals surface area contributed by atoms with Crippen molar-refractivity contribution in [3.63, 3.8) is 0 Å². The Hall–Kier alpha value is -1.66. The summed E-state index contributed by atoms with van der Waals surface area (Å²) in [4.78, 5) is 17.2. The zero-order chi connectivity index (χ0) is 13.8. The Morgan fingerprint density at radius 1 is 1.63 bits per heavy atom. The van der Waals surface area contributed by atoms with Crippen LogP contribution in [-0.2, 0) is 0 Å². The van der Waals surface area contributed by atoms with E-state index in [1.807, 2.05) is 19.9 Å². The number of carbonyl (C=O) groups is 1. The first-order valence-electron chi connectivity index (χ1n) is 6.08. The number of amides is 1. The van der Waals surface area contributed by atoms with E-state index in [0.29, 0.717) is 22.9 Å². The molecule has 0 saturated heterocycles. The Bertz CT molecular complexity index is 544. The zero-order valence-electron chi connectivity index (χ0n) is 10.8. The van der Waals surface area contributed by atoms with Crippen LogP contribution in [0, 0.1) is 6.92 Å². The van der Waals surface area contributed by atoms with Gasteiger partial charge in [0.15, 0.2) is 10.8 Å². The van der Waals surface area contributed by atoms with Gasteiger partial charge in [0.05, 0.1) is 18.9 Å². The largest absolute Gasteiger partial charge is 0.462 e. The van der Waals surface area contributed by atoms with Crippen molar-refractivity contribution in [3.05, 3.63) is 29.0 Å². The van der Waals surface area contributed by atoms with Gasteiger partial charge in [-0.1, -0.05) is 6.92 Å². The fourth-order valence-corrected chi connectivity index (χ4v) is 2.52. The molecule has 5 nitrogen and oxygen atoms in total. The minimum Gasteiger partial charge on any atom is -0.462 e. The van der Waals surface area contributed by atoms with E-state index in [1.54, 1.807) is 12.3 Å². The molecule has 6 heteroatoms. The number of thiazole rings is 1. The average molecular weight is 280 g/mol. The van der Waals surface area contributed by atoms with Crippen LogP contribution in [0.1, 0.15) is 28.7 Å². The zero-order valence-corrected chi connectivity index (χ0v) is 11.7. The molecule has 2 N–H and O–H groups in total. The number of aliphatic hydroxyl groups is 1. The highest BCUT2D eigenvalue weighted by Crippen LogP contribution is 2.27. The lowest BCUT2D eigenvalue weighted by Gasteiger charge is -2.12. The average Bonchev–Trinajstić information content (AvgIpc) is 3.04. The van der Waals surface area contributed by atoms with Gasteiger partial charge in [-0.15, -0.1) is 11.3 Å². The van der Waals surface area contributed by atoms with E-state index in [9.17, 15) is 4.79 Å². The summed E-state index contributed by atoms with van der Waals surface area (Å²) >= 11 is 1.41. The molecule has 0 spiro atoms. The molecule has 1 atom stereocenters. The van der Waals surface area contributed by atoms with E-state index in [-0.39, 0.29) is 18.6 Å². The molecular formula is C13H16N2O3S. The standard InChI is InChI=1S/C13H16N2O3S/c1-3-9(7-16)14-12(17)11-8(2)19-13(15-11)10-5-4-6-18-10/h4-6,9,16H,3,7H2,1-2H3,(H,14,17)/t9-/m0/s1. The van der Waals surface area contributed by atoms with Crippen molar-refractivity contribution in [1.29, 1.82) is 0 Å². The molecule has 0 aromatic carbocycles. The van der Waals surface area contributed by atoms with E-state index in [1.165, 1.54) is 11.3 Å². The molecule has 102 valence electrons. The lowest BCUT2D eigenvalue weighted by Crippen LogP contribution is -2.37. The second-order valence-corrected chi connectivity index (χ2v) is 5.37. The number of carbonyl (C=O) groups excluding carboxylic acids is 1. The second-order valence-electron chi connectivity index (χ2n) is 4.16. The fraction of sp³-hybridized carbons (Fsp3) is 0.385. The molecule has 0 radical (unpaired) electrons. The molecule has 2 rings (SSSR count). The Balaban J connectivity index is 2.19. The van der Waals surface area contributed by atoms with E-state index < -0.39 is 0 Å². The molecule has 2 aromatic heterocycles. The molecule has 0 aliphatic rings. The molecule has 0 aliphatic heterocycles. The Morgan fingerprint density at radius 3 is 3.00 bits per heavy atom. The molecular weight excluding hydrogens is 264 g/mol. The van der Waals surface area contributed by atoms with E-state index in [0.717, 1.165) is 4.88 Å². The van der Waals surface area contributed by atoms with Crippen LogP contribution in [0.4, 0.5) is 0 Å². The molecule has 0 saturated carbocycles. The van der Waals surface area contributed by atoms with Crippen LogP contribution in [0.15, 0.2) is 22.8 Å². The lowest BCUT2D eigenvalue weighted by molar-refractivity contribution is 0.0910. The summed E-state index contributed by atoms with van der Waals surface area (Å²) in [7, 11) is 0. The smallest absolute Gasteiger partial charge is 0.271 e. The van der Waals surface area contributed by atoms with Crippen LogP contribution in [0.25, 0.3) is 10.8 Å². The third-order valence-corrected chi connectivity index (χ3v) is 3.78. The highest BCUT2D eigenvalue weighted by Gasteiger charge is 2.19. The monoisotopic (exact) mass is 280 g/mol. The summed E-state index contributed by atoms with van der Waals surface area (Å²) in [6, 6.07) is 3.35. The van der Waals surface area contributed by atoms with Crippen molar-refractivity contribution in [2.45, 2.75) is 26.3 Å². The molecule has 0 fully saturated rings. The molecule has 0 unspecified atom stereocenters. The van der Waals surface area contributed by atoms with Gasteiger partial charge < -0.3 is 14.8 Å². The highest BCUT2D eigenvalue weighted by atomic mass is 32.1. The number of hydrogen-bond donors (Lipinski definition) is 2. The summed E-state index contributed by atoms with van der Waals surface area (Å²) in [5, 5.41) is 12.5. The number of furan rings is 1. The number of aromatic nitrogens is 1. The van der Waals surface area contributed by atoms with Crippen molar-refractivity contribution >= 4 is 17.2 Å². The molecule has 2 aromatic rings. The van der Waals surface area contributed by atoms with Crippen LogP contribution in [0.2, 0.25) is 0 Å². The van der Waals surface area contributed by atoms with Crippen LogP contribution >= 0.6 is 11.3 Å². The van der Waals surface area contributed by atoms with Gasteiger partial charge in [-0.05, 0) is 25.5 Å². The number of aliphatic hydroxyl groups excluding tert-OH is 1. The SMILES string of the molecule is CC[C@@H](CO)NC(=O)c1nc(-c2ccco2)sc1C. The Kier molecular flexibility index (Phi) is 4.34. The number of rotatable bonds is 5. The topological polar surface area (TPSA) is 75.4 Å². The predicted octanol–water partition coefficient (Wildman–Crippen LogP) is 2.21. The number of aryl methyl sites for hydroxylation is 1. The predicted molar refractivity (Wildman–Crippen MR) is 73.2 cm³/mol. The van der Waals surface area contributed by atoms with Crippen molar-refractivity contribution < 1.29 is 14.3 Å². The van der Waals surface area contributed by atoms with Crippen LogP contribution < -0.4 is 5.32 Å². The number of nitrogens with one attached hydrogen (secondary N) is 1. The molecule has 0 aliphatic carbocycles. The maximum atomic E-state index is 12.1. The Morgan fingerprint density at radius 2 is 2.42 bits per heavy atom. The number of hydrogen-bond acceptors (Lipinski definition) is 5. The lowest BCUT2D eigenvalue weighted by atomic mass is 10.2. The van der Waals surface area contributed by atoms with Gasteiger partial charge >= 0.3 is 0 Å². The first kappa shape index (κ1) is 13.8. The minimum atomic E-state index is -0.257. The molecule has 19 heavy (non-hydrogen) atoms. The second kappa shape index (κ2) is 5.99. The molecule has 2 heterocycles. The van der Waals surface area contributed by atoms with Crippen LogP contribution in [-0.4, -0.2) is 28.6 Å². The fourth-order valence-electron chi connectivity index (χ4n) is 1.64. The summed E-state index contributed by atoms with van der Waals surface area (Å²) in [6.45, 7) is 3.68. The van der Waals surface area contributed by atoms with Crippen molar-refractivity contribution in [2.24, 2.45) is 0 Å².